The van der Waals surface area contributed by atoms with Crippen LogP contribution in [0, 0.1) is 5.82 Å². The van der Waals surface area contributed by atoms with Crippen molar-refractivity contribution < 1.29 is 9.23 Å². The van der Waals surface area contributed by atoms with Gasteiger partial charge in [0.15, 0.2) is 5.84 Å². The second-order valence-corrected chi connectivity index (χ2v) is 5.19. The lowest BCUT2D eigenvalue weighted by Crippen LogP contribution is -2.12. The number of hydrogen-bond donors (Lipinski definition) is 1. The third-order valence-corrected chi connectivity index (χ3v) is 3.39. The number of hydrogen-bond acceptors (Lipinski definition) is 3. The van der Waals surface area contributed by atoms with Crippen molar-refractivity contribution in [2.45, 2.75) is 6.61 Å². The van der Waals surface area contributed by atoms with E-state index in [9.17, 15) is 4.39 Å². The molecule has 0 atom stereocenters. The van der Waals surface area contributed by atoms with Crippen LogP contribution in [0.15, 0.2) is 44.7 Å². The number of amidine groups is 1. The number of thiophene rings is 1. The summed E-state index contributed by atoms with van der Waals surface area (Å²) in [5, 5.41) is 7.51. The summed E-state index contributed by atoms with van der Waals surface area (Å²) < 4.78 is 14.1. The second-order valence-electron chi connectivity index (χ2n) is 3.50. The van der Waals surface area contributed by atoms with Crippen LogP contribution in [0.3, 0.4) is 0 Å². The van der Waals surface area contributed by atoms with Gasteiger partial charge >= 0.3 is 0 Å². The van der Waals surface area contributed by atoms with Crippen LogP contribution in [-0.2, 0) is 11.4 Å². The monoisotopic (exact) mass is 328 g/mol. The maximum absolute atomic E-state index is 13.5. The quantitative estimate of drug-likeness (QED) is 0.530. The minimum Gasteiger partial charge on any atom is -0.389 e. The fourth-order valence-electron chi connectivity index (χ4n) is 1.27. The molecule has 18 heavy (non-hydrogen) atoms. The van der Waals surface area contributed by atoms with Crippen molar-refractivity contribution in [1.29, 1.82) is 0 Å². The molecule has 94 valence electrons. The first-order chi connectivity index (χ1) is 8.66. The van der Waals surface area contributed by atoms with Gasteiger partial charge in [0.05, 0.1) is 0 Å². The molecule has 0 bridgehead atoms. The molecule has 1 heterocycles. The lowest BCUT2D eigenvalue weighted by Gasteiger charge is -2.03. The molecule has 1 aromatic heterocycles. The van der Waals surface area contributed by atoms with E-state index in [1.807, 2.05) is 16.8 Å². The molecule has 2 aromatic rings. The van der Waals surface area contributed by atoms with Crippen LogP contribution in [0.25, 0.3) is 0 Å². The van der Waals surface area contributed by atoms with E-state index in [1.54, 1.807) is 12.1 Å². The average Bonchev–Trinajstić information content (AvgIpc) is 2.85. The van der Waals surface area contributed by atoms with Crippen molar-refractivity contribution >= 4 is 33.1 Å². The first-order valence-corrected chi connectivity index (χ1v) is 6.82. The van der Waals surface area contributed by atoms with Crippen molar-refractivity contribution in [1.82, 2.24) is 0 Å². The highest BCUT2D eigenvalue weighted by Crippen LogP contribution is 2.16. The van der Waals surface area contributed by atoms with Gasteiger partial charge < -0.3 is 10.6 Å². The summed E-state index contributed by atoms with van der Waals surface area (Å²) in [7, 11) is 0. The largest absolute Gasteiger partial charge is 0.389 e. The smallest absolute Gasteiger partial charge is 0.171 e. The van der Waals surface area contributed by atoms with Gasteiger partial charge in [-0.05, 0) is 23.6 Å². The summed E-state index contributed by atoms with van der Waals surface area (Å²) in [5.74, 6) is -0.0533. The van der Waals surface area contributed by atoms with E-state index < -0.39 is 0 Å². The molecule has 6 heteroatoms. The highest BCUT2D eigenvalue weighted by atomic mass is 79.9. The number of oxime groups is 1. The van der Waals surface area contributed by atoms with Gasteiger partial charge in [-0.15, -0.1) is 0 Å². The maximum Gasteiger partial charge on any atom is 0.171 e. The summed E-state index contributed by atoms with van der Waals surface area (Å²) in [5.41, 5.74) is 6.93. The van der Waals surface area contributed by atoms with Crippen molar-refractivity contribution in [3.63, 3.8) is 0 Å². The van der Waals surface area contributed by atoms with E-state index in [0.29, 0.717) is 10.0 Å². The Kier molecular flexibility index (Phi) is 4.33. The zero-order valence-corrected chi connectivity index (χ0v) is 11.7. The SMILES string of the molecule is NC(=NOCc1ccc(Br)cc1F)c1ccsc1. The first kappa shape index (κ1) is 13.0. The molecule has 0 aliphatic heterocycles. The van der Waals surface area contributed by atoms with Crippen LogP contribution < -0.4 is 5.73 Å². The molecule has 2 N–H and O–H groups in total. The Morgan fingerprint density at radius 3 is 2.94 bits per heavy atom. The molecule has 0 fully saturated rings. The topological polar surface area (TPSA) is 47.6 Å². The minimum absolute atomic E-state index is 0.0456. The van der Waals surface area contributed by atoms with Crippen molar-refractivity contribution in [2.75, 3.05) is 0 Å². The Balaban J connectivity index is 1.98. The van der Waals surface area contributed by atoms with E-state index in [0.717, 1.165) is 5.56 Å². The van der Waals surface area contributed by atoms with Crippen LogP contribution >= 0.6 is 27.3 Å². The molecule has 0 aliphatic rings. The lowest BCUT2D eigenvalue weighted by molar-refractivity contribution is 0.127. The van der Waals surface area contributed by atoms with Crippen LogP contribution in [-0.4, -0.2) is 5.84 Å². The van der Waals surface area contributed by atoms with Crippen LogP contribution in [0.4, 0.5) is 4.39 Å². The predicted molar refractivity (Wildman–Crippen MR) is 73.9 cm³/mol. The predicted octanol–water partition coefficient (Wildman–Crippen LogP) is 3.49. The summed E-state index contributed by atoms with van der Waals surface area (Å²) in [4.78, 5) is 5.04. The van der Waals surface area contributed by atoms with E-state index in [-0.39, 0.29) is 18.3 Å². The third kappa shape index (κ3) is 3.30. The number of nitrogens with zero attached hydrogens (tertiary/aromatic N) is 1. The summed E-state index contributed by atoms with van der Waals surface area (Å²) in [6, 6.07) is 6.60. The minimum atomic E-state index is -0.339. The molecule has 0 saturated heterocycles. The Labute approximate surface area is 116 Å². The first-order valence-electron chi connectivity index (χ1n) is 5.09. The highest BCUT2D eigenvalue weighted by molar-refractivity contribution is 9.10. The fourth-order valence-corrected chi connectivity index (χ4v) is 2.26. The maximum atomic E-state index is 13.5. The fraction of sp³-hybridized carbons (Fsp3) is 0.0833. The number of rotatable bonds is 4. The zero-order valence-electron chi connectivity index (χ0n) is 9.27. The molecule has 0 saturated carbocycles. The Morgan fingerprint density at radius 1 is 1.44 bits per heavy atom. The number of benzene rings is 1. The van der Waals surface area contributed by atoms with Gasteiger partial charge in [-0.25, -0.2) is 4.39 Å². The summed E-state index contributed by atoms with van der Waals surface area (Å²) >= 11 is 4.71. The normalized spacial score (nSPS) is 11.6. The van der Waals surface area contributed by atoms with Crippen LogP contribution in [0.1, 0.15) is 11.1 Å². The second kappa shape index (κ2) is 5.97. The molecule has 1 aromatic carbocycles. The van der Waals surface area contributed by atoms with Crippen molar-refractivity contribution in [3.05, 3.63) is 56.4 Å². The van der Waals surface area contributed by atoms with Gasteiger partial charge in [-0.1, -0.05) is 27.2 Å². The number of nitrogens with two attached hydrogens (primary N) is 1. The molecular weight excluding hydrogens is 319 g/mol. The molecule has 0 unspecified atom stereocenters. The van der Waals surface area contributed by atoms with E-state index in [4.69, 9.17) is 10.6 Å². The van der Waals surface area contributed by atoms with Crippen LogP contribution in [0.2, 0.25) is 0 Å². The van der Waals surface area contributed by atoms with Gasteiger partial charge in [-0.3, -0.25) is 0 Å². The summed E-state index contributed by atoms with van der Waals surface area (Å²) in [6.45, 7) is 0.0456. The molecular formula is C12H10BrFN2OS. The van der Waals surface area contributed by atoms with Gasteiger partial charge in [0.25, 0.3) is 0 Å². The molecule has 0 amide bonds. The van der Waals surface area contributed by atoms with Crippen LogP contribution in [0.5, 0.6) is 0 Å². The van der Waals surface area contributed by atoms with Crippen molar-refractivity contribution in [3.8, 4) is 0 Å². The van der Waals surface area contributed by atoms with E-state index >= 15 is 0 Å². The highest BCUT2D eigenvalue weighted by Gasteiger charge is 2.04. The molecule has 2 rings (SSSR count). The third-order valence-electron chi connectivity index (χ3n) is 2.22. The number of halogens is 2. The Hall–Kier alpha value is -1.40. The van der Waals surface area contributed by atoms with Gasteiger partial charge in [0.1, 0.15) is 12.4 Å². The van der Waals surface area contributed by atoms with E-state index in [2.05, 4.69) is 21.1 Å². The molecule has 0 aliphatic carbocycles. The Morgan fingerprint density at radius 2 is 2.28 bits per heavy atom. The zero-order chi connectivity index (χ0) is 13.0. The molecule has 3 nitrogen and oxygen atoms in total. The molecule has 0 spiro atoms. The summed E-state index contributed by atoms with van der Waals surface area (Å²) in [6.07, 6.45) is 0. The average molecular weight is 329 g/mol. The van der Waals surface area contributed by atoms with Gasteiger partial charge in [-0.2, -0.15) is 11.3 Å². The van der Waals surface area contributed by atoms with E-state index in [1.165, 1.54) is 17.4 Å². The van der Waals surface area contributed by atoms with Gasteiger partial charge in [0.2, 0.25) is 0 Å². The van der Waals surface area contributed by atoms with Gasteiger partial charge in [0, 0.05) is 21.0 Å². The Bertz CT molecular complexity index is 557. The molecule has 0 radical (unpaired) electrons. The lowest BCUT2D eigenvalue weighted by atomic mass is 10.2. The standard InChI is InChI=1S/C12H10BrFN2OS/c13-10-2-1-8(11(14)5-10)6-17-16-12(15)9-3-4-18-7-9/h1-5,7H,6H2,(H2,15,16). The van der Waals surface area contributed by atoms with Crippen molar-refractivity contribution in [2.24, 2.45) is 10.9 Å².